The fourth-order valence-electron chi connectivity index (χ4n) is 2.40. The summed E-state index contributed by atoms with van der Waals surface area (Å²) in [5, 5.41) is 23.9. The lowest BCUT2D eigenvalue weighted by Crippen LogP contribution is -2.02. The molecule has 5 nitrogen and oxygen atoms in total. The lowest BCUT2D eigenvalue weighted by molar-refractivity contribution is 0.885. The maximum Gasteiger partial charge on any atom is 0.145 e. The van der Waals surface area contributed by atoms with Gasteiger partial charge in [-0.05, 0) is 29.8 Å². The van der Waals surface area contributed by atoms with Gasteiger partial charge in [0.05, 0.1) is 11.3 Å². The second kappa shape index (κ2) is 6.92. The molecule has 0 saturated heterocycles. The van der Waals surface area contributed by atoms with Crippen LogP contribution in [0.1, 0.15) is 16.8 Å². The molecule has 0 fully saturated rings. The number of nitrogens with zero attached hydrogens (tertiary/aromatic N) is 4. The van der Waals surface area contributed by atoms with Crippen LogP contribution in [0, 0.1) is 22.7 Å². The minimum Gasteiger partial charge on any atom is -0.382 e. The average Bonchev–Trinajstić information content (AvgIpc) is 2.98. The molecule has 25 heavy (non-hydrogen) atoms. The summed E-state index contributed by atoms with van der Waals surface area (Å²) in [4.78, 5) is 0. The Hall–Kier alpha value is -3.54. The van der Waals surface area contributed by atoms with Gasteiger partial charge >= 0.3 is 0 Å². The van der Waals surface area contributed by atoms with E-state index >= 15 is 0 Å². The number of hydrogen-bond donors (Lipinski definition) is 1. The normalized spacial score (nSPS) is 10.9. The highest BCUT2D eigenvalue weighted by Crippen LogP contribution is 2.28. The van der Waals surface area contributed by atoms with E-state index in [-0.39, 0.29) is 22.6 Å². The Kier molecular flexibility index (Phi) is 4.52. The fraction of sp³-hybridized carbons (Fsp3) is 0. The summed E-state index contributed by atoms with van der Waals surface area (Å²) in [6.45, 7) is 0. The van der Waals surface area contributed by atoms with Gasteiger partial charge in [0.1, 0.15) is 29.2 Å². The molecule has 2 aromatic carbocycles. The predicted octanol–water partition coefficient (Wildman–Crippen LogP) is 4.04. The number of nitrogen functional groups attached to an aromatic ring is 1. The highest BCUT2D eigenvalue weighted by Gasteiger charge is 2.20. The molecule has 3 aromatic rings. The smallest absolute Gasteiger partial charge is 0.145 e. The highest BCUT2D eigenvalue weighted by atomic mass is 35.5. The Morgan fingerprint density at radius 2 is 1.76 bits per heavy atom. The Morgan fingerprint density at radius 1 is 1.08 bits per heavy atom. The average molecular weight is 346 g/mol. The van der Waals surface area contributed by atoms with E-state index in [0.717, 1.165) is 0 Å². The van der Waals surface area contributed by atoms with E-state index < -0.39 is 0 Å². The molecular formula is C19H12ClN5. The molecule has 1 heterocycles. The van der Waals surface area contributed by atoms with Gasteiger partial charge in [0.15, 0.2) is 0 Å². The van der Waals surface area contributed by atoms with Crippen molar-refractivity contribution >= 4 is 29.1 Å². The molecule has 1 aromatic heterocycles. The van der Waals surface area contributed by atoms with Crippen LogP contribution in [0.3, 0.4) is 0 Å². The zero-order valence-electron chi connectivity index (χ0n) is 13.0. The quantitative estimate of drug-likeness (QED) is 0.725. The van der Waals surface area contributed by atoms with Gasteiger partial charge in [-0.1, -0.05) is 48.0 Å². The first-order valence-corrected chi connectivity index (χ1v) is 7.74. The number of hydrogen-bond acceptors (Lipinski definition) is 4. The zero-order chi connectivity index (χ0) is 17.8. The minimum atomic E-state index is 0.156. The Morgan fingerprint density at radius 3 is 2.40 bits per heavy atom. The van der Waals surface area contributed by atoms with Crippen molar-refractivity contribution in [2.75, 3.05) is 5.73 Å². The van der Waals surface area contributed by atoms with Crippen LogP contribution in [0.15, 0.2) is 54.6 Å². The van der Waals surface area contributed by atoms with Crippen molar-refractivity contribution in [3.63, 3.8) is 0 Å². The number of allylic oxidation sites excluding steroid dienone is 1. The number of rotatable bonds is 3. The molecule has 3 rings (SSSR count). The number of aromatic nitrogens is 2. The molecule has 0 radical (unpaired) electrons. The third kappa shape index (κ3) is 3.10. The van der Waals surface area contributed by atoms with E-state index in [1.54, 1.807) is 24.3 Å². The van der Waals surface area contributed by atoms with Crippen LogP contribution < -0.4 is 5.73 Å². The Balaban J connectivity index is 2.18. The number of nitrogens with two attached hydrogens (primary N) is 1. The molecule has 6 heteroatoms. The number of nitriles is 2. The molecule has 0 aliphatic rings. The van der Waals surface area contributed by atoms with Crippen LogP contribution in [-0.2, 0) is 0 Å². The van der Waals surface area contributed by atoms with E-state index in [1.807, 2.05) is 42.5 Å². The summed E-state index contributed by atoms with van der Waals surface area (Å²) < 4.78 is 1.45. The third-order valence-corrected chi connectivity index (χ3v) is 3.96. The van der Waals surface area contributed by atoms with Crippen molar-refractivity contribution in [3.05, 3.63) is 76.4 Å². The maximum atomic E-state index is 9.56. The molecule has 0 spiro atoms. The first kappa shape index (κ1) is 16.3. The molecule has 0 atom stereocenters. The summed E-state index contributed by atoms with van der Waals surface area (Å²) in [7, 11) is 0. The second-order valence-corrected chi connectivity index (χ2v) is 5.57. The van der Waals surface area contributed by atoms with Gasteiger partial charge in [-0.25, -0.2) is 4.68 Å². The Bertz CT molecular complexity index is 1040. The van der Waals surface area contributed by atoms with Gasteiger partial charge in [-0.3, -0.25) is 0 Å². The number of anilines is 1. The molecule has 0 bridgehead atoms. The van der Waals surface area contributed by atoms with Gasteiger partial charge in [0.2, 0.25) is 0 Å². The molecule has 0 aliphatic heterocycles. The van der Waals surface area contributed by atoms with E-state index in [4.69, 9.17) is 17.3 Å². The van der Waals surface area contributed by atoms with Crippen molar-refractivity contribution in [2.24, 2.45) is 0 Å². The monoisotopic (exact) mass is 345 g/mol. The van der Waals surface area contributed by atoms with Crippen molar-refractivity contribution in [3.8, 4) is 17.8 Å². The zero-order valence-corrected chi connectivity index (χ0v) is 13.8. The molecule has 120 valence electrons. The first-order valence-electron chi connectivity index (χ1n) is 7.36. The Labute approximate surface area is 149 Å². The number of para-hydroxylation sites is 1. The summed E-state index contributed by atoms with van der Waals surface area (Å²) in [5.41, 5.74) is 8.05. The van der Waals surface area contributed by atoms with Crippen molar-refractivity contribution in [1.29, 1.82) is 10.5 Å². The molecule has 0 aliphatic carbocycles. The van der Waals surface area contributed by atoms with Crippen LogP contribution in [0.4, 0.5) is 5.82 Å². The van der Waals surface area contributed by atoms with E-state index in [1.165, 1.54) is 4.68 Å². The molecule has 2 N–H and O–H groups in total. The number of halogens is 1. The van der Waals surface area contributed by atoms with Gasteiger partial charge < -0.3 is 5.73 Å². The maximum absolute atomic E-state index is 9.56. The second-order valence-electron chi connectivity index (χ2n) is 5.16. The predicted molar refractivity (Wildman–Crippen MR) is 97.6 cm³/mol. The van der Waals surface area contributed by atoms with Crippen LogP contribution in [0.5, 0.6) is 0 Å². The number of benzene rings is 2. The van der Waals surface area contributed by atoms with Crippen molar-refractivity contribution < 1.29 is 0 Å². The minimum absolute atomic E-state index is 0.156. The summed E-state index contributed by atoms with van der Waals surface area (Å²) in [6.07, 6.45) is 1.60. The van der Waals surface area contributed by atoms with Crippen molar-refractivity contribution in [2.45, 2.75) is 0 Å². The van der Waals surface area contributed by atoms with E-state index in [2.05, 4.69) is 11.2 Å². The lowest BCUT2D eigenvalue weighted by Gasteiger charge is -2.02. The van der Waals surface area contributed by atoms with Gasteiger partial charge in [-0.2, -0.15) is 15.6 Å². The third-order valence-electron chi connectivity index (χ3n) is 3.61. The molecular weight excluding hydrogens is 334 g/mol. The van der Waals surface area contributed by atoms with Crippen molar-refractivity contribution in [1.82, 2.24) is 9.78 Å². The van der Waals surface area contributed by atoms with E-state index in [0.29, 0.717) is 16.3 Å². The summed E-state index contributed by atoms with van der Waals surface area (Å²) in [5.74, 6) is 0.184. The highest BCUT2D eigenvalue weighted by molar-refractivity contribution is 6.32. The van der Waals surface area contributed by atoms with Crippen LogP contribution in [0.2, 0.25) is 5.02 Å². The topological polar surface area (TPSA) is 91.4 Å². The lowest BCUT2D eigenvalue weighted by atomic mass is 10.1. The summed E-state index contributed by atoms with van der Waals surface area (Å²) in [6, 6.07) is 20.4. The molecule has 0 saturated carbocycles. The first-order chi connectivity index (χ1) is 12.2. The van der Waals surface area contributed by atoms with E-state index in [9.17, 15) is 10.5 Å². The largest absolute Gasteiger partial charge is 0.382 e. The van der Waals surface area contributed by atoms with Gasteiger partial charge in [-0.15, -0.1) is 0 Å². The molecule has 0 unspecified atom stereocenters. The van der Waals surface area contributed by atoms with Crippen LogP contribution >= 0.6 is 11.6 Å². The van der Waals surface area contributed by atoms with Gasteiger partial charge in [0.25, 0.3) is 0 Å². The molecule has 0 amide bonds. The fourth-order valence-corrected chi connectivity index (χ4v) is 2.59. The summed E-state index contributed by atoms with van der Waals surface area (Å²) >= 11 is 6.15. The van der Waals surface area contributed by atoms with Gasteiger partial charge in [0, 0.05) is 5.02 Å². The standard InChI is InChI=1S/C19H12ClN5/c20-17-9-5-4-6-13(17)10-14(11-21)18-16(12-22)19(23)25(24-18)15-7-2-1-3-8-15/h1-10H,23H2/b14-10+. The van der Waals surface area contributed by atoms with Crippen LogP contribution in [0.25, 0.3) is 17.3 Å². The SMILES string of the molecule is N#C/C(=C\c1ccccc1Cl)c1nn(-c2ccccc2)c(N)c1C#N. The van der Waals surface area contributed by atoms with Crippen LogP contribution in [-0.4, -0.2) is 9.78 Å².